The smallest absolute Gasteiger partial charge is 0.235 e. The van der Waals surface area contributed by atoms with E-state index in [1.54, 1.807) is 0 Å². The second-order valence-electron chi connectivity index (χ2n) is 3.95. The van der Waals surface area contributed by atoms with E-state index in [0.29, 0.717) is 10.7 Å². The van der Waals surface area contributed by atoms with Crippen LogP contribution < -0.4 is 5.32 Å². The summed E-state index contributed by atoms with van der Waals surface area (Å²) in [6.45, 7) is 3.61. The Morgan fingerprint density at radius 1 is 1.38 bits per heavy atom. The number of nitrogens with one attached hydrogen (secondary N) is 1. The van der Waals surface area contributed by atoms with Crippen LogP contribution in [-0.2, 0) is 4.79 Å². The number of benzene rings is 1. The molecule has 0 aliphatic heterocycles. The molecule has 1 aliphatic rings. The van der Waals surface area contributed by atoms with Gasteiger partial charge in [-0.05, 0) is 37.1 Å². The second-order valence-corrected chi connectivity index (χ2v) is 4.40. The average Bonchev–Trinajstić information content (AvgIpc) is 3.02. The number of amides is 1. The number of halogens is 2. The van der Waals surface area contributed by atoms with Crippen molar-refractivity contribution < 1.29 is 9.18 Å². The molecule has 0 saturated heterocycles. The van der Waals surface area contributed by atoms with Gasteiger partial charge in [-0.3, -0.25) is 4.79 Å². The Kier molecular flexibility index (Phi) is 2.72. The molecule has 1 saturated carbocycles. The molecule has 1 aromatic carbocycles. The lowest BCUT2D eigenvalue weighted by atomic mass is 10.1. The molecule has 2 rings (SSSR count). The average molecular weight is 240 g/mol. The van der Waals surface area contributed by atoms with Gasteiger partial charge in [0, 0.05) is 10.7 Å². The summed E-state index contributed by atoms with van der Waals surface area (Å²) in [5.41, 5.74) is -0.0498. The van der Waals surface area contributed by atoms with Crippen molar-refractivity contribution in [3.63, 3.8) is 0 Å². The summed E-state index contributed by atoms with van der Waals surface area (Å²) >= 11 is 5.80. The van der Waals surface area contributed by atoms with E-state index in [0.717, 1.165) is 12.8 Å². The Morgan fingerprint density at radius 3 is 2.38 bits per heavy atom. The molecule has 0 atom stereocenters. The summed E-state index contributed by atoms with van der Waals surface area (Å²) in [6.07, 6.45) is 1.45. The van der Waals surface area contributed by atoms with Gasteiger partial charge < -0.3 is 5.32 Å². The molecule has 0 spiro atoms. The van der Waals surface area contributed by atoms with Crippen molar-refractivity contribution in [1.82, 2.24) is 0 Å². The van der Waals surface area contributed by atoms with Crippen molar-refractivity contribution in [2.75, 3.05) is 5.32 Å². The molecule has 1 aromatic rings. The largest absolute Gasteiger partial charge is 0.325 e. The summed E-state index contributed by atoms with van der Waals surface area (Å²) < 4.78 is 12.7. The number of anilines is 1. The third kappa shape index (κ3) is 1.95. The Hall–Kier alpha value is -1.35. The minimum absolute atomic E-state index is 0.167. The maximum Gasteiger partial charge on any atom is 0.235 e. The van der Waals surface area contributed by atoms with E-state index in [4.69, 9.17) is 11.6 Å². The van der Waals surface area contributed by atoms with Crippen LogP contribution in [0.5, 0.6) is 0 Å². The zero-order valence-electron chi connectivity index (χ0n) is 8.59. The van der Waals surface area contributed by atoms with Crippen molar-refractivity contribution in [3.05, 3.63) is 41.7 Å². The Balaban J connectivity index is 2.08. The topological polar surface area (TPSA) is 29.1 Å². The van der Waals surface area contributed by atoms with Crippen LogP contribution in [0, 0.1) is 11.2 Å². The second kappa shape index (κ2) is 3.91. The molecule has 0 heterocycles. The lowest BCUT2D eigenvalue weighted by Crippen LogP contribution is -2.24. The van der Waals surface area contributed by atoms with E-state index in [-0.39, 0.29) is 11.7 Å². The predicted octanol–water partition coefficient (Wildman–Crippen LogP) is 3.30. The highest BCUT2D eigenvalue weighted by Crippen LogP contribution is 2.53. The summed E-state index contributed by atoms with van der Waals surface area (Å²) in [7, 11) is 0. The summed E-state index contributed by atoms with van der Waals surface area (Å²) in [4.78, 5) is 11.9. The molecule has 4 heteroatoms. The van der Waals surface area contributed by atoms with Crippen molar-refractivity contribution in [1.29, 1.82) is 0 Å². The quantitative estimate of drug-likeness (QED) is 0.862. The fourth-order valence-electron chi connectivity index (χ4n) is 1.53. The van der Waals surface area contributed by atoms with Crippen LogP contribution in [0.4, 0.5) is 10.1 Å². The molecule has 2 nitrogen and oxygen atoms in total. The lowest BCUT2D eigenvalue weighted by molar-refractivity contribution is -0.119. The van der Waals surface area contributed by atoms with Crippen molar-refractivity contribution in [2.45, 2.75) is 12.8 Å². The van der Waals surface area contributed by atoms with Crippen LogP contribution in [0.15, 0.2) is 35.9 Å². The van der Waals surface area contributed by atoms with Gasteiger partial charge in [0.15, 0.2) is 0 Å². The SMILES string of the molecule is C=C(Cl)C1(C(=O)Nc2ccc(F)cc2)CC1. The van der Waals surface area contributed by atoms with Gasteiger partial charge in [0.2, 0.25) is 5.91 Å². The maximum absolute atomic E-state index is 12.7. The van der Waals surface area contributed by atoms with Crippen LogP contribution >= 0.6 is 11.6 Å². The van der Waals surface area contributed by atoms with Gasteiger partial charge in [-0.1, -0.05) is 18.2 Å². The standard InChI is InChI=1S/C12H11ClFNO/c1-8(13)12(6-7-12)11(16)15-10-4-2-9(14)3-5-10/h2-5H,1,6-7H2,(H,15,16). The zero-order chi connectivity index (χ0) is 11.8. The van der Waals surface area contributed by atoms with Crippen molar-refractivity contribution in [3.8, 4) is 0 Å². The summed E-state index contributed by atoms with van der Waals surface area (Å²) in [6, 6.07) is 5.62. The van der Waals surface area contributed by atoms with Crippen LogP contribution in [0.25, 0.3) is 0 Å². The van der Waals surface area contributed by atoms with Crippen LogP contribution in [-0.4, -0.2) is 5.91 Å². The molecule has 1 N–H and O–H groups in total. The van der Waals surface area contributed by atoms with E-state index in [1.807, 2.05) is 0 Å². The molecule has 0 bridgehead atoms. The molecule has 0 radical (unpaired) electrons. The third-order valence-electron chi connectivity index (χ3n) is 2.81. The molecule has 1 aliphatic carbocycles. The highest BCUT2D eigenvalue weighted by molar-refractivity contribution is 6.32. The highest BCUT2D eigenvalue weighted by Gasteiger charge is 2.51. The normalized spacial score (nSPS) is 16.6. The van der Waals surface area contributed by atoms with E-state index in [1.165, 1.54) is 24.3 Å². The minimum Gasteiger partial charge on any atom is -0.325 e. The van der Waals surface area contributed by atoms with Gasteiger partial charge in [-0.2, -0.15) is 0 Å². The van der Waals surface area contributed by atoms with Crippen molar-refractivity contribution in [2.24, 2.45) is 5.41 Å². The molecule has 1 fully saturated rings. The van der Waals surface area contributed by atoms with Crippen LogP contribution in [0.1, 0.15) is 12.8 Å². The first-order chi connectivity index (χ1) is 7.54. The van der Waals surface area contributed by atoms with E-state index >= 15 is 0 Å². The molecular formula is C12H11ClFNO. The van der Waals surface area contributed by atoms with Crippen LogP contribution in [0.2, 0.25) is 0 Å². The van der Waals surface area contributed by atoms with Gasteiger partial charge >= 0.3 is 0 Å². The minimum atomic E-state index is -0.615. The fraction of sp³-hybridized carbons (Fsp3) is 0.250. The maximum atomic E-state index is 12.7. The lowest BCUT2D eigenvalue weighted by Gasteiger charge is -2.13. The predicted molar refractivity (Wildman–Crippen MR) is 61.7 cm³/mol. The molecule has 1 amide bonds. The Labute approximate surface area is 98.1 Å². The van der Waals surface area contributed by atoms with E-state index < -0.39 is 5.41 Å². The molecule has 84 valence electrons. The summed E-state index contributed by atoms with van der Waals surface area (Å²) in [5, 5.41) is 3.07. The number of carbonyl (C=O) groups is 1. The molecule has 0 aromatic heterocycles. The van der Waals surface area contributed by atoms with Gasteiger partial charge in [0.05, 0.1) is 5.41 Å². The number of hydrogen-bond acceptors (Lipinski definition) is 1. The van der Waals surface area contributed by atoms with Crippen LogP contribution in [0.3, 0.4) is 0 Å². The monoisotopic (exact) mass is 239 g/mol. The first kappa shape index (κ1) is 11.1. The van der Waals surface area contributed by atoms with Gasteiger partial charge in [0.25, 0.3) is 0 Å². The van der Waals surface area contributed by atoms with E-state index in [9.17, 15) is 9.18 Å². The zero-order valence-corrected chi connectivity index (χ0v) is 9.35. The number of carbonyl (C=O) groups excluding carboxylic acids is 1. The number of rotatable bonds is 3. The Bertz CT molecular complexity index is 437. The summed E-state index contributed by atoms with van der Waals surface area (Å²) in [5.74, 6) is -0.500. The molecule has 0 unspecified atom stereocenters. The first-order valence-corrected chi connectivity index (χ1v) is 5.34. The highest BCUT2D eigenvalue weighted by atomic mass is 35.5. The van der Waals surface area contributed by atoms with Crippen molar-refractivity contribution >= 4 is 23.2 Å². The Morgan fingerprint density at radius 2 is 1.94 bits per heavy atom. The molecule has 16 heavy (non-hydrogen) atoms. The number of hydrogen-bond donors (Lipinski definition) is 1. The first-order valence-electron chi connectivity index (χ1n) is 4.96. The van der Waals surface area contributed by atoms with Gasteiger partial charge in [-0.25, -0.2) is 4.39 Å². The van der Waals surface area contributed by atoms with E-state index in [2.05, 4.69) is 11.9 Å². The molecular weight excluding hydrogens is 229 g/mol. The van der Waals surface area contributed by atoms with Gasteiger partial charge in [-0.15, -0.1) is 0 Å². The fourth-order valence-corrected chi connectivity index (χ4v) is 1.81. The van der Waals surface area contributed by atoms with Gasteiger partial charge in [0.1, 0.15) is 5.82 Å². The third-order valence-corrected chi connectivity index (χ3v) is 3.17.